The van der Waals surface area contributed by atoms with Gasteiger partial charge in [0.25, 0.3) is 0 Å². The molecule has 2 aliphatic heterocycles. The summed E-state index contributed by atoms with van der Waals surface area (Å²) in [7, 11) is 0. The Labute approximate surface area is 266 Å². The van der Waals surface area contributed by atoms with Crippen LogP contribution in [0.15, 0.2) is 103 Å². The summed E-state index contributed by atoms with van der Waals surface area (Å²) in [6.45, 7) is 2.43. The van der Waals surface area contributed by atoms with Crippen LogP contribution in [0.4, 0.5) is 0 Å². The molecule has 4 atom stereocenters. The van der Waals surface area contributed by atoms with Gasteiger partial charge in [0.2, 0.25) is 0 Å². The van der Waals surface area contributed by atoms with Gasteiger partial charge in [0.15, 0.2) is 11.6 Å². The summed E-state index contributed by atoms with van der Waals surface area (Å²) < 4.78 is 6.07. The number of ketones is 2. The van der Waals surface area contributed by atoms with Gasteiger partial charge in [-0.3, -0.25) is 9.59 Å². The fraction of sp³-hybridized carbons (Fsp3) is 0.350. The van der Waals surface area contributed by atoms with Gasteiger partial charge >= 0.3 is 0 Å². The molecule has 2 heterocycles. The normalized spacial score (nSPS) is 24.0. The molecule has 1 aliphatic carbocycles. The fourth-order valence-electron chi connectivity index (χ4n) is 7.37. The minimum absolute atomic E-state index is 0.00852. The van der Waals surface area contributed by atoms with E-state index < -0.39 is 0 Å². The molecule has 5 nitrogen and oxygen atoms in total. The lowest BCUT2D eigenvalue weighted by Crippen LogP contribution is -2.31. The van der Waals surface area contributed by atoms with Crippen molar-refractivity contribution in [3.63, 3.8) is 0 Å². The van der Waals surface area contributed by atoms with Crippen molar-refractivity contribution in [1.82, 2.24) is 10.6 Å². The van der Waals surface area contributed by atoms with Gasteiger partial charge in [0.05, 0.1) is 12.1 Å². The maximum Gasteiger partial charge on any atom is 0.154 e. The van der Waals surface area contributed by atoms with Gasteiger partial charge in [-0.2, -0.15) is 0 Å². The molecule has 0 aromatic heterocycles. The van der Waals surface area contributed by atoms with Gasteiger partial charge in [-0.15, -0.1) is 0 Å². The number of nitrogens with one attached hydrogen (secondary N) is 2. The molecule has 4 aromatic rings. The van der Waals surface area contributed by atoms with Gasteiger partial charge < -0.3 is 15.4 Å². The van der Waals surface area contributed by atoms with Crippen LogP contribution in [0.1, 0.15) is 76.8 Å². The van der Waals surface area contributed by atoms with Crippen molar-refractivity contribution in [3.8, 4) is 5.75 Å². The summed E-state index contributed by atoms with van der Waals surface area (Å²) in [5.41, 5.74) is 7.22. The minimum atomic E-state index is 0.00852. The summed E-state index contributed by atoms with van der Waals surface area (Å²) in [5, 5.41) is 6.66. The van der Waals surface area contributed by atoms with E-state index in [1.165, 1.54) is 16.7 Å². The highest BCUT2D eigenvalue weighted by atomic mass is 16.5. The Hall–Kier alpha value is -4.06. The molecule has 2 N–H and O–H groups in total. The number of rotatable bonds is 12. The molecular formula is C40H42N2O3. The molecule has 2 unspecified atom stereocenters. The minimum Gasteiger partial charge on any atom is -0.489 e. The van der Waals surface area contributed by atoms with E-state index in [0.29, 0.717) is 48.8 Å². The van der Waals surface area contributed by atoms with Crippen molar-refractivity contribution >= 4 is 11.6 Å². The number of benzene rings is 4. The second-order valence-corrected chi connectivity index (χ2v) is 13.0. The Morgan fingerprint density at radius 2 is 1.00 bits per heavy atom. The van der Waals surface area contributed by atoms with Crippen LogP contribution in [0.3, 0.4) is 0 Å². The lowest BCUT2D eigenvalue weighted by atomic mass is 9.98. The first-order chi connectivity index (χ1) is 22.1. The molecule has 7 rings (SSSR count). The third-order valence-corrected chi connectivity index (χ3v) is 9.92. The zero-order chi connectivity index (χ0) is 30.6. The summed E-state index contributed by atoms with van der Waals surface area (Å²) >= 11 is 0. The number of carbonyl (C=O) groups excluding carboxylic acids is 2. The van der Waals surface area contributed by atoms with Crippen molar-refractivity contribution in [2.75, 3.05) is 13.1 Å². The van der Waals surface area contributed by atoms with Crippen LogP contribution in [0.5, 0.6) is 5.75 Å². The molecule has 45 heavy (non-hydrogen) atoms. The topological polar surface area (TPSA) is 67.4 Å². The molecule has 3 aliphatic rings. The van der Waals surface area contributed by atoms with Crippen molar-refractivity contribution in [3.05, 3.63) is 137 Å². The van der Waals surface area contributed by atoms with E-state index in [1.807, 2.05) is 18.2 Å². The Morgan fingerprint density at radius 1 is 0.556 bits per heavy atom. The lowest BCUT2D eigenvalue weighted by Gasteiger charge is -2.10. The fourth-order valence-corrected chi connectivity index (χ4v) is 7.37. The number of ether oxygens (including phenoxy) is 1. The molecule has 0 spiro atoms. The first-order valence-electron chi connectivity index (χ1n) is 16.6. The molecule has 5 heteroatoms. The van der Waals surface area contributed by atoms with Gasteiger partial charge in [-0.25, -0.2) is 0 Å². The maximum absolute atomic E-state index is 12.7. The summed E-state index contributed by atoms with van der Waals surface area (Å²) in [5.74, 6) is 2.49. The third-order valence-electron chi connectivity index (χ3n) is 9.92. The lowest BCUT2D eigenvalue weighted by molar-refractivity contribution is -0.120. The molecule has 4 aromatic carbocycles. The van der Waals surface area contributed by atoms with Crippen LogP contribution in [-0.4, -0.2) is 36.7 Å². The van der Waals surface area contributed by atoms with Crippen molar-refractivity contribution in [2.24, 2.45) is 0 Å². The van der Waals surface area contributed by atoms with Crippen LogP contribution in [0, 0.1) is 0 Å². The highest BCUT2D eigenvalue weighted by Gasteiger charge is 2.52. The van der Waals surface area contributed by atoms with E-state index in [2.05, 4.69) is 95.6 Å². The van der Waals surface area contributed by atoms with Crippen molar-refractivity contribution < 1.29 is 14.3 Å². The molecule has 3 fully saturated rings. The van der Waals surface area contributed by atoms with Gasteiger partial charge in [0, 0.05) is 12.8 Å². The largest absolute Gasteiger partial charge is 0.489 e. The molecule has 0 radical (unpaired) electrons. The summed E-state index contributed by atoms with van der Waals surface area (Å²) in [6, 6.07) is 36.3. The van der Waals surface area contributed by atoms with Gasteiger partial charge in [-0.05, 0) is 102 Å². The van der Waals surface area contributed by atoms with Crippen LogP contribution < -0.4 is 15.4 Å². The molecule has 0 bridgehead atoms. The van der Waals surface area contributed by atoms with Crippen molar-refractivity contribution in [2.45, 2.75) is 75.0 Å². The Bertz CT molecular complexity index is 1510. The monoisotopic (exact) mass is 598 g/mol. The molecule has 0 amide bonds. The number of hydrogen-bond acceptors (Lipinski definition) is 5. The second-order valence-electron chi connectivity index (χ2n) is 13.0. The Balaban J connectivity index is 1.08. The second kappa shape index (κ2) is 13.5. The highest BCUT2D eigenvalue weighted by molar-refractivity contribution is 5.87. The number of Topliss-reactive ketones (excluding diaryl/α,β-unsaturated/α-hetero) is 2. The van der Waals surface area contributed by atoms with E-state index in [9.17, 15) is 9.59 Å². The predicted molar refractivity (Wildman–Crippen MR) is 178 cm³/mol. The first kappa shape index (κ1) is 29.6. The number of hydrogen-bond donors (Lipinski definition) is 2. The van der Waals surface area contributed by atoms with Crippen LogP contribution >= 0.6 is 0 Å². The van der Waals surface area contributed by atoms with Crippen LogP contribution in [-0.2, 0) is 29.0 Å². The van der Waals surface area contributed by atoms with Crippen molar-refractivity contribution in [1.29, 1.82) is 0 Å². The smallest absolute Gasteiger partial charge is 0.154 e. The standard InChI is InChI=1S/C40H42N2O3/c43-36(34-8-4-22-41-34)24-27-10-14-30(15-11-27)38-39(31-16-12-28(13-17-31)25-37(44)35-9-5-23-42-35)40(38)32-18-20-33(21-19-32)45-26-29-6-2-1-3-7-29/h1-3,6-7,10-21,34-35,38-42H,4-5,8-9,22-26H2/t34-,35-,38?,39?,40?/m0/s1. The average Bonchev–Trinajstić information content (AvgIpc) is 3.43. The van der Waals surface area contributed by atoms with Gasteiger partial charge in [-0.1, -0.05) is 91.0 Å². The number of carbonyl (C=O) groups is 2. The van der Waals surface area contributed by atoms with E-state index in [1.54, 1.807) is 0 Å². The van der Waals surface area contributed by atoms with Gasteiger partial charge in [0.1, 0.15) is 12.4 Å². The molecule has 2 saturated heterocycles. The average molecular weight is 599 g/mol. The zero-order valence-corrected chi connectivity index (χ0v) is 25.8. The summed E-state index contributed by atoms with van der Waals surface area (Å²) in [6.07, 6.45) is 5.02. The predicted octanol–water partition coefficient (Wildman–Crippen LogP) is 6.66. The summed E-state index contributed by atoms with van der Waals surface area (Å²) in [4.78, 5) is 25.5. The van der Waals surface area contributed by atoms with E-state index in [4.69, 9.17) is 4.74 Å². The zero-order valence-electron chi connectivity index (χ0n) is 25.8. The molecule has 230 valence electrons. The highest BCUT2D eigenvalue weighted by Crippen LogP contribution is 2.66. The molecule has 1 saturated carbocycles. The van der Waals surface area contributed by atoms with E-state index in [0.717, 1.165) is 61.2 Å². The Morgan fingerprint density at radius 3 is 1.42 bits per heavy atom. The first-order valence-corrected chi connectivity index (χ1v) is 16.6. The maximum atomic E-state index is 12.7. The third kappa shape index (κ3) is 6.95. The van der Waals surface area contributed by atoms with E-state index >= 15 is 0 Å². The SMILES string of the molecule is O=C(Cc1ccc(C2C(c3ccc(CC(=O)[C@@H]4CCCN4)cc3)C2c2ccc(OCc3ccccc3)cc2)cc1)[C@@H]1CCCN1. The van der Waals surface area contributed by atoms with E-state index in [-0.39, 0.29) is 12.1 Å². The van der Waals surface area contributed by atoms with Crippen LogP contribution in [0.25, 0.3) is 0 Å². The quantitative estimate of drug-likeness (QED) is 0.191. The molecular weight excluding hydrogens is 556 g/mol. The Kier molecular flexibility index (Phi) is 8.90. The van der Waals surface area contributed by atoms with Crippen LogP contribution in [0.2, 0.25) is 0 Å².